The fraction of sp³-hybridized carbons (Fsp3) is 0.579. The van der Waals surface area contributed by atoms with E-state index in [0.29, 0.717) is 42.9 Å². The second-order valence-corrected chi connectivity index (χ2v) is 6.79. The van der Waals surface area contributed by atoms with Crippen molar-refractivity contribution in [3.63, 3.8) is 0 Å². The molecule has 0 bridgehead atoms. The molecule has 0 aliphatic carbocycles. The van der Waals surface area contributed by atoms with Crippen molar-refractivity contribution in [2.24, 2.45) is 0 Å². The summed E-state index contributed by atoms with van der Waals surface area (Å²) in [6.07, 6.45) is 3.68. The average molecular weight is 361 g/mol. The maximum Gasteiger partial charge on any atom is 0.256 e. The van der Waals surface area contributed by atoms with Gasteiger partial charge in [0.25, 0.3) is 5.91 Å². The highest BCUT2D eigenvalue weighted by atomic mass is 16.5. The van der Waals surface area contributed by atoms with E-state index in [4.69, 9.17) is 9.47 Å². The first-order chi connectivity index (χ1) is 12.6. The molecule has 0 atom stereocenters. The van der Waals surface area contributed by atoms with Gasteiger partial charge in [0.2, 0.25) is 5.91 Å². The number of nitrogens with one attached hydrogen (secondary N) is 2. The van der Waals surface area contributed by atoms with Gasteiger partial charge in [0.1, 0.15) is 11.4 Å². The van der Waals surface area contributed by atoms with Crippen LogP contribution in [0.4, 0.5) is 11.4 Å². The standard InChI is InChI=1S/C19H27N3O4/c1-25-16-7-6-14(13-15(16)22-12-4-3-5-17(22)23)21-18(24)19(26-2)8-10-20-11-9-19/h6-7,13,20H,3-5,8-12H2,1-2H3,(H,21,24). The summed E-state index contributed by atoms with van der Waals surface area (Å²) in [4.78, 5) is 26.9. The molecular weight excluding hydrogens is 334 g/mol. The molecular formula is C19H27N3O4. The number of methoxy groups -OCH3 is 2. The zero-order chi connectivity index (χ0) is 18.6. The Morgan fingerprint density at radius 3 is 2.65 bits per heavy atom. The number of benzene rings is 1. The minimum absolute atomic E-state index is 0.0877. The maximum absolute atomic E-state index is 12.9. The molecule has 2 heterocycles. The van der Waals surface area contributed by atoms with Gasteiger partial charge in [-0.3, -0.25) is 9.59 Å². The highest BCUT2D eigenvalue weighted by Gasteiger charge is 2.39. The topological polar surface area (TPSA) is 79.9 Å². The van der Waals surface area contributed by atoms with E-state index in [0.717, 1.165) is 25.9 Å². The minimum Gasteiger partial charge on any atom is -0.495 e. The molecule has 2 aliphatic rings. The summed E-state index contributed by atoms with van der Waals surface area (Å²) in [6, 6.07) is 5.39. The number of nitrogens with zero attached hydrogens (tertiary/aromatic N) is 1. The summed E-state index contributed by atoms with van der Waals surface area (Å²) in [5.41, 5.74) is 0.526. The molecule has 2 amide bonds. The number of rotatable bonds is 5. The van der Waals surface area contributed by atoms with Crippen LogP contribution in [-0.2, 0) is 14.3 Å². The van der Waals surface area contributed by atoms with Crippen LogP contribution in [0, 0.1) is 0 Å². The molecule has 0 saturated carbocycles. The van der Waals surface area contributed by atoms with E-state index in [1.807, 2.05) is 6.07 Å². The molecule has 7 nitrogen and oxygen atoms in total. The Balaban J connectivity index is 1.83. The van der Waals surface area contributed by atoms with E-state index in [-0.39, 0.29) is 11.8 Å². The van der Waals surface area contributed by atoms with Crippen LogP contribution in [0.15, 0.2) is 18.2 Å². The van der Waals surface area contributed by atoms with Gasteiger partial charge in [-0.05, 0) is 57.0 Å². The number of hydrogen-bond donors (Lipinski definition) is 2. The molecule has 1 aromatic rings. The summed E-state index contributed by atoms with van der Waals surface area (Å²) in [5, 5.41) is 6.21. The third kappa shape index (κ3) is 3.68. The van der Waals surface area contributed by atoms with Crippen LogP contribution in [0.25, 0.3) is 0 Å². The van der Waals surface area contributed by atoms with E-state index >= 15 is 0 Å². The normalized spacial score (nSPS) is 19.9. The van der Waals surface area contributed by atoms with Crippen molar-refractivity contribution in [1.29, 1.82) is 0 Å². The van der Waals surface area contributed by atoms with Crippen LogP contribution in [-0.4, -0.2) is 51.3 Å². The third-order valence-electron chi connectivity index (χ3n) is 5.27. The van der Waals surface area contributed by atoms with Crippen molar-refractivity contribution in [3.8, 4) is 5.75 Å². The van der Waals surface area contributed by atoms with E-state index in [9.17, 15) is 9.59 Å². The largest absolute Gasteiger partial charge is 0.495 e. The minimum atomic E-state index is -0.813. The number of carbonyl (C=O) groups excluding carboxylic acids is 2. The van der Waals surface area contributed by atoms with Gasteiger partial charge in [0, 0.05) is 25.8 Å². The lowest BCUT2D eigenvalue weighted by atomic mass is 9.91. The SMILES string of the molecule is COc1ccc(NC(=O)C2(OC)CCNCC2)cc1N1CCCCC1=O. The first-order valence-corrected chi connectivity index (χ1v) is 9.15. The zero-order valence-electron chi connectivity index (χ0n) is 15.5. The summed E-state index contributed by atoms with van der Waals surface area (Å²) >= 11 is 0. The van der Waals surface area contributed by atoms with Crippen LogP contribution < -0.4 is 20.3 Å². The molecule has 3 rings (SSSR count). The average Bonchev–Trinajstić information content (AvgIpc) is 2.68. The predicted octanol–water partition coefficient (Wildman–Crippen LogP) is 1.92. The smallest absolute Gasteiger partial charge is 0.256 e. The van der Waals surface area contributed by atoms with Crippen molar-refractivity contribution in [2.45, 2.75) is 37.7 Å². The van der Waals surface area contributed by atoms with Crippen molar-refractivity contribution in [3.05, 3.63) is 18.2 Å². The molecule has 1 aromatic carbocycles. The fourth-order valence-corrected chi connectivity index (χ4v) is 3.64. The molecule has 2 N–H and O–H groups in total. The Kier molecular flexibility index (Phi) is 5.78. The van der Waals surface area contributed by atoms with Crippen molar-refractivity contribution in [1.82, 2.24) is 5.32 Å². The van der Waals surface area contributed by atoms with Crippen LogP contribution in [0.2, 0.25) is 0 Å². The van der Waals surface area contributed by atoms with Gasteiger partial charge in [0.05, 0.1) is 12.8 Å². The summed E-state index contributed by atoms with van der Waals surface area (Å²) in [7, 11) is 3.16. The molecule has 142 valence electrons. The van der Waals surface area contributed by atoms with Gasteiger partial charge in [-0.25, -0.2) is 0 Å². The second kappa shape index (κ2) is 8.05. The molecule has 2 aliphatic heterocycles. The molecule has 7 heteroatoms. The first-order valence-electron chi connectivity index (χ1n) is 9.15. The molecule has 26 heavy (non-hydrogen) atoms. The van der Waals surface area contributed by atoms with E-state index in [1.54, 1.807) is 31.3 Å². The monoisotopic (exact) mass is 361 g/mol. The molecule has 0 spiro atoms. The predicted molar refractivity (Wildman–Crippen MR) is 99.7 cm³/mol. The van der Waals surface area contributed by atoms with Crippen LogP contribution in [0.5, 0.6) is 5.75 Å². The fourth-order valence-electron chi connectivity index (χ4n) is 3.64. The Morgan fingerprint density at radius 2 is 2.00 bits per heavy atom. The van der Waals surface area contributed by atoms with Crippen LogP contribution in [0.1, 0.15) is 32.1 Å². The Morgan fingerprint density at radius 1 is 1.23 bits per heavy atom. The second-order valence-electron chi connectivity index (χ2n) is 6.79. The van der Waals surface area contributed by atoms with E-state index in [1.165, 1.54) is 0 Å². The summed E-state index contributed by atoms with van der Waals surface area (Å²) in [5.74, 6) is 0.564. The quantitative estimate of drug-likeness (QED) is 0.838. The van der Waals surface area contributed by atoms with Gasteiger partial charge in [-0.2, -0.15) is 0 Å². The highest BCUT2D eigenvalue weighted by Crippen LogP contribution is 2.34. The van der Waals surface area contributed by atoms with Crippen LogP contribution in [0.3, 0.4) is 0 Å². The number of carbonyl (C=O) groups is 2. The number of amides is 2. The third-order valence-corrected chi connectivity index (χ3v) is 5.27. The van der Waals surface area contributed by atoms with E-state index in [2.05, 4.69) is 10.6 Å². The Labute approximate surface area is 154 Å². The molecule has 0 aromatic heterocycles. The zero-order valence-corrected chi connectivity index (χ0v) is 15.5. The van der Waals surface area contributed by atoms with Crippen molar-refractivity contribution < 1.29 is 19.1 Å². The molecule has 0 radical (unpaired) electrons. The number of anilines is 2. The van der Waals surface area contributed by atoms with Crippen molar-refractivity contribution in [2.75, 3.05) is 44.1 Å². The number of hydrogen-bond acceptors (Lipinski definition) is 5. The lowest BCUT2D eigenvalue weighted by Crippen LogP contribution is -2.51. The Hall–Kier alpha value is -2.12. The number of piperidine rings is 2. The maximum atomic E-state index is 12.9. The number of ether oxygens (including phenoxy) is 2. The highest BCUT2D eigenvalue weighted by molar-refractivity contribution is 6.00. The molecule has 2 fully saturated rings. The van der Waals surface area contributed by atoms with Gasteiger partial charge in [0.15, 0.2) is 0 Å². The van der Waals surface area contributed by atoms with Crippen LogP contribution >= 0.6 is 0 Å². The summed E-state index contributed by atoms with van der Waals surface area (Å²) in [6.45, 7) is 2.16. The molecule has 0 unspecified atom stereocenters. The lowest BCUT2D eigenvalue weighted by Gasteiger charge is -2.35. The summed E-state index contributed by atoms with van der Waals surface area (Å²) < 4.78 is 11.0. The van der Waals surface area contributed by atoms with Gasteiger partial charge in [-0.15, -0.1) is 0 Å². The van der Waals surface area contributed by atoms with E-state index < -0.39 is 5.60 Å². The van der Waals surface area contributed by atoms with Gasteiger partial charge in [-0.1, -0.05) is 0 Å². The molecule has 2 saturated heterocycles. The lowest BCUT2D eigenvalue weighted by molar-refractivity contribution is -0.140. The Bertz CT molecular complexity index is 671. The van der Waals surface area contributed by atoms with Gasteiger partial charge >= 0.3 is 0 Å². The first kappa shape index (κ1) is 18.7. The van der Waals surface area contributed by atoms with Crippen molar-refractivity contribution >= 4 is 23.2 Å². The van der Waals surface area contributed by atoms with Gasteiger partial charge < -0.3 is 25.0 Å².